The van der Waals surface area contributed by atoms with Gasteiger partial charge in [0.05, 0.1) is 6.26 Å². The Morgan fingerprint density at radius 1 is 1.00 bits per heavy atom. The van der Waals surface area contributed by atoms with Gasteiger partial charge < -0.3 is 19.5 Å². The smallest absolute Gasteiger partial charge is 0.289 e. The summed E-state index contributed by atoms with van der Waals surface area (Å²) in [6.45, 7) is 2.11. The minimum Gasteiger partial charge on any atom is -0.459 e. The van der Waals surface area contributed by atoms with Crippen molar-refractivity contribution in [3.63, 3.8) is 0 Å². The number of piperazine rings is 1. The number of furan rings is 1. The van der Waals surface area contributed by atoms with Gasteiger partial charge >= 0.3 is 0 Å². The Morgan fingerprint density at radius 2 is 1.67 bits per heavy atom. The third-order valence-corrected chi connectivity index (χ3v) is 4.63. The number of nitrogens with one attached hydrogen (secondary N) is 1. The van der Waals surface area contributed by atoms with Gasteiger partial charge in [0.1, 0.15) is 0 Å². The number of hydrogen-bond donors (Lipinski definition) is 1. The molecular weight excluding hydrogens is 370 g/mol. The lowest BCUT2D eigenvalue weighted by Crippen LogP contribution is -2.51. The molecule has 1 aliphatic heterocycles. The molecule has 3 rings (SSSR count). The van der Waals surface area contributed by atoms with E-state index in [1.54, 1.807) is 46.2 Å². The maximum absolute atomic E-state index is 12.3. The zero-order valence-electron chi connectivity index (χ0n) is 14.7. The van der Waals surface area contributed by atoms with E-state index >= 15 is 0 Å². The maximum Gasteiger partial charge on any atom is 0.289 e. The first kappa shape index (κ1) is 19.0. The zero-order chi connectivity index (χ0) is 19.2. The second kappa shape index (κ2) is 8.73. The number of benzene rings is 1. The molecule has 8 heteroatoms. The van der Waals surface area contributed by atoms with Crippen LogP contribution in [0.5, 0.6) is 0 Å². The lowest BCUT2D eigenvalue weighted by Gasteiger charge is -2.34. The Morgan fingerprint density at radius 3 is 2.30 bits per heavy atom. The van der Waals surface area contributed by atoms with E-state index in [1.165, 1.54) is 6.26 Å². The highest BCUT2D eigenvalue weighted by Gasteiger charge is 2.25. The monoisotopic (exact) mass is 389 g/mol. The van der Waals surface area contributed by atoms with Crippen LogP contribution in [-0.4, -0.2) is 60.2 Å². The Labute approximate surface area is 161 Å². The van der Waals surface area contributed by atoms with Crippen LogP contribution in [0, 0.1) is 0 Å². The van der Waals surface area contributed by atoms with Gasteiger partial charge in [-0.3, -0.25) is 14.4 Å². The van der Waals surface area contributed by atoms with Crippen molar-refractivity contribution in [2.45, 2.75) is 6.42 Å². The van der Waals surface area contributed by atoms with E-state index in [0.717, 1.165) is 0 Å². The van der Waals surface area contributed by atoms with Crippen LogP contribution in [0.15, 0.2) is 47.1 Å². The van der Waals surface area contributed by atoms with Crippen molar-refractivity contribution >= 4 is 29.3 Å². The Kier molecular flexibility index (Phi) is 6.13. The lowest BCUT2D eigenvalue weighted by atomic mass is 10.2. The third-order valence-electron chi connectivity index (χ3n) is 4.38. The topological polar surface area (TPSA) is 82.9 Å². The van der Waals surface area contributed by atoms with E-state index in [4.69, 9.17) is 16.0 Å². The molecule has 2 aromatic rings. The second-order valence-corrected chi connectivity index (χ2v) is 6.60. The summed E-state index contributed by atoms with van der Waals surface area (Å²) in [7, 11) is 0. The van der Waals surface area contributed by atoms with Crippen molar-refractivity contribution in [3.05, 3.63) is 59.0 Å². The van der Waals surface area contributed by atoms with Gasteiger partial charge in [0.15, 0.2) is 5.76 Å². The zero-order valence-corrected chi connectivity index (χ0v) is 15.4. The molecule has 1 N–H and O–H groups in total. The van der Waals surface area contributed by atoms with Crippen LogP contribution in [0.4, 0.5) is 0 Å². The summed E-state index contributed by atoms with van der Waals surface area (Å²) in [5.74, 6) is -0.146. The minimum atomic E-state index is -0.242. The summed E-state index contributed by atoms with van der Waals surface area (Å²) in [6, 6.07) is 9.86. The number of hydrogen-bond acceptors (Lipinski definition) is 4. The first-order valence-electron chi connectivity index (χ1n) is 8.69. The quantitative estimate of drug-likeness (QED) is 0.848. The van der Waals surface area contributed by atoms with E-state index in [9.17, 15) is 14.4 Å². The van der Waals surface area contributed by atoms with Crippen molar-refractivity contribution in [2.75, 3.05) is 32.7 Å². The molecule has 0 bridgehead atoms. The average Bonchev–Trinajstić information content (AvgIpc) is 3.22. The molecule has 0 radical (unpaired) electrons. The number of carbonyl (C=O) groups is 3. The second-order valence-electron chi connectivity index (χ2n) is 6.16. The largest absolute Gasteiger partial charge is 0.459 e. The molecule has 1 aromatic carbocycles. The molecule has 2 heterocycles. The van der Waals surface area contributed by atoms with E-state index in [2.05, 4.69) is 5.32 Å². The van der Waals surface area contributed by atoms with Gasteiger partial charge in [0, 0.05) is 49.7 Å². The molecule has 0 saturated carbocycles. The SMILES string of the molecule is O=C(NCCC(=O)N1CCN(C(=O)c2ccco2)CC1)c1ccc(Cl)cc1. The Bertz CT molecular complexity index is 797. The summed E-state index contributed by atoms with van der Waals surface area (Å²) in [5, 5.41) is 3.29. The van der Waals surface area contributed by atoms with Gasteiger partial charge in [0.25, 0.3) is 11.8 Å². The number of carbonyl (C=O) groups excluding carboxylic acids is 3. The summed E-state index contributed by atoms with van der Waals surface area (Å²) in [5.41, 5.74) is 0.497. The fourth-order valence-electron chi connectivity index (χ4n) is 2.86. The Hall–Kier alpha value is -2.80. The van der Waals surface area contributed by atoms with Gasteiger partial charge in [0.2, 0.25) is 5.91 Å². The van der Waals surface area contributed by atoms with Crippen LogP contribution in [0.3, 0.4) is 0 Å². The van der Waals surface area contributed by atoms with Crippen LogP contribution in [-0.2, 0) is 4.79 Å². The fourth-order valence-corrected chi connectivity index (χ4v) is 2.99. The van der Waals surface area contributed by atoms with Crippen LogP contribution < -0.4 is 5.32 Å². The van der Waals surface area contributed by atoms with Crippen LogP contribution >= 0.6 is 11.6 Å². The maximum atomic E-state index is 12.3. The number of amides is 3. The predicted octanol–water partition coefficient (Wildman–Crippen LogP) is 2.04. The van der Waals surface area contributed by atoms with Crippen molar-refractivity contribution in [1.29, 1.82) is 0 Å². The highest BCUT2D eigenvalue weighted by atomic mass is 35.5. The molecule has 0 spiro atoms. The first-order chi connectivity index (χ1) is 13.0. The minimum absolute atomic E-state index is 0.0449. The summed E-state index contributed by atoms with van der Waals surface area (Å²) in [4.78, 5) is 39.9. The van der Waals surface area contributed by atoms with Gasteiger partial charge in [-0.25, -0.2) is 0 Å². The van der Waals surface area contributed by atoms with E-state index < -0.39 is 0 Å². The van der Waals surface area contributed by atoms with Crippen molar-refractivity contribution in [2.24, 2.45) is 0 Å². The highest BCUT2D eigenvalue weighted by molar-refractivity contribution is 6.30. The number of nitrogens with zero attached hydrogens (tertiary/aromatic N) is 2. The van der Waals surface area contributed by atoms with Crippen LogP contribution in [0.2, 0.25) is 5.02 Å². The molecule has 1 fully saturated rings. The standard InChI is InChI=1S/C19H20ClN3O4/c20-15-5-3-14(4-6-15)18(25)21-8-7-17(24)22-9-11-23(12-10-22)19(26)16-2-1-13-27-16/h1-6,13H,7-12H2,(H,21,25). The number of rotatable bonds is 5. The first-order valence-corrected chi connectivity index (χ1v) is 9.07. The molecule has 0 aliphatic carbocycles. The molecule has 27 heavy (non-hydrogen) atoms. The normalized spacial score (nSPS) is 14.1. The number of halogens is 1. The highest BCUT2D eigenvalue weighted by Crippen LogP contribution is 2.11. The molecule has 1 aromatic heterocycles. The van der Waals surface area contributed by atoms with Gasteiger partial charge in [-0.05, 0) is 36.4 Å². The van der Waals surface area contributed by atoms with Gasteiger partial charge in [-0.1, -0.05) is 11.6 Å². The van der Waals surface area contributed by atoms with E-state index in [1.807, 2.05) is 0 Å². The lowest BCUT2D eigenvalue weighted by molar-refractivity contribution is -0.132. The van der Waals surface area contributed by atoms with Gasteiger partial charge in [-0.2, -0.15) is 0 Å². The molecule has 0 atom stereocenters. The summed E-state index contributed by atoms with van der Waals surface area (Å²) < 4.78 is 5.12. The summed E-state index contributed by atoms with van der Waals surface area (Å²) >= 11 is 5.80. The molecule has 1 saturated heterocycles. The molecule has 0 unspecified atom stereocenters. The van der Waals surface area contributed by atoms with E-state index in [0.29, 0.717) is 42.5 Å². The Balaban J connectivity index is 1.40. The van der Waals surface area contributed by atoms with Crippen LogP contribution in [0.25, 0.3) is 0 Å². The molecule has 7 nitrogen and oxygen atoms in total. The molecule has 3 amide bonds. The molecule has 142 valence electrons. The summed E-state index contributed by atoms with van der Waals surface area (Å²) in [6.07, 6.45) is 1.68. The molecule has 1 aliphatic rings. The van der Waals surface area contributed by atoms with Crippen molar-refractivity contribution < 1.29 is 18.8 Å². The third kappa shape index (κ3) is 4.89. The molecular formula is C19H20ClN3O4. The van der Waals surface area contributed by atoms with Gasteiger partial charge in [-0.15, -0.1) is 0 Å². The van der Waals surface area contributed by atoms with Crippen molar-refractivity contribution in [3.8, 4) is 0 Å². The van der Waals surface area contributed by atoms with Crippen molar-refractivity contribution in [1.82, 2.24) is 15.1 Å². The predicted molar refractivity (Wildman–Crippen MR) is 99.6 cm³/mol. The average molecular weight is 390 g/mol. The van der Waals surface area contributed by atoms with Crippen LogP contribution in [0.1, 0.15) is 27.3 Å². The fraction of sp³-hybridized carbons (Fsp3) is 0.316. The van der Waals surface area contributed by atoms with E-state index in [-0.39, 0.29) is 30.7 Å².